The summed E-state index contributed by atoms with van der Waals surface area (Å²) < 4.78 is 2.08. The lowest BCUT2D eigenvalue weighted by atomic mass is 10.1. The van der Waals surface area contributed by atoms with Crippen LogP contribution in [0.5, 0.6) is 0 Å². The van der Waals surface area contributed by atoms with Crippen LogP contribution >= 0.6 is 11.6 Å². The number of hydrogen-bond acceptors (Lipinski definition) is 2. The van der Waals surface area contributed by atoms with Gasteiger partial charge in [-0.15, -0.1) is 0 Å². The van der Waals surface area contributed by atoms with Crippen LogP contribution in [0.25, 0.3) is 16.9 Å². The molecule has 1 N–H and O–H groups in total. The summed E-state index contributed by atoms with van der Waals surface area (Å²) in [6.07, 6.45) is 3.84. The lowest BCUT2D eigenvalue weighted by Gasteiger charge is -2.26. The summed E-state index contributed by atoms with van der Waals surface area (Å²) in [4.78, 5) is 15.5. The average Bonchev–Trinajstić information content (AvgIpc) is 3.12. The lowest BCUT2D eigenvalue weighted by Crippen LogP contribution is -2.37. The Morgan fingerprint density at radius 2 is 1.70 bits per heavy atom. The number of likely N-dealkylation sites (tertiary alicyclic amines) is 1. The molecule has 1 fully saturated rings. The first kappa shape index (κ1) is 20.7. The van der Waals surface area contributed by atoms with Crippen LogP contribution in [0.1, 0.15) is 35.3 Å². The van der Waals surface area contributed by atoms with E-state index in [1.165, 1.54) is 19.3 Å². The highest BCUT2D eigenvalue weighted by Crippen LogP contribution is 2.32. The van der Waals surface area contributed by atoms with Crippen LogP contribution in [0.3, 0.4) is 0 Å². The van der Waals surface area contributed by atoms with Crippen molar-refractivity contribution in [2.24, 2.45) is 0 Å². The molecule has 1 aromatic heterocycles. The number of carbonyl (C=O) groups is 1. The maximum absolute atomic E-state index is 13.0. The van der Waals surface area contributed by atoms with Crippen molar-refractivity contribution in [2.75, 3.05) is 26.2 Å². The Morgan fingerprint density at radius 1 is 1.00 bits per heavy atom. The van der Waals surface area contributed by atoms with Crippen molar-refractivity contribution in [3.05, 3.63) is 76.9 Å². The van der Waals surface area contributed by atoms with Crippen LogP contribution < -0.4 is 5.32 Å². The first-order valence-corrected chi connectivity index (χ1v) is 11.1. The number of halogens is 1. The predicted octanol–water partition coefficient (Wildman–Crippen LogP) is 5.32. The van der Waals surface area contributed by atoms with Gasteiger partial charge in [0.1, 0.15) is 0 Å². The molecule has 0 aliphatic carbocycles. The molecule has 0 saturated carbocycles. The molecule has 1 aliphatic heterocycles. The fourth-order valence-corrected chi connectivity index (χ4v) is 4.43. The molecule has 0 unspecified atom stereocenters. The SMILES string of the molecule is Cc1c(C(=O)NCCN2CCCCC2)cc(-c2ccccc2)n1-c1ccccc1Cl. The highest BCUT2D eigenvalue weighted by molar-refractivity contribution is 6.32. The van der Waals surface area contributed by atoms with E-state index in [-0.39, 0.29) is 5.91 Å². The predicted molar refractivity (Wildman–Crippen MR) is 124 cm³/mol. The zero-order chi connectivity index (χ0) is 20.9. The number of aromatic nitrogens is 1. The van der Waals surface area contributed by atoms with Crippen molar-refractivity contribution in [1.29, 1.82) is 0 Å². The summed E-state index contributed by atoms with van der Waals surface area (Å²) in [7, 11) is 0. The minimum atomic E-state index is -0.0347. The van der Waals surface area contributed by atoms with E-state index in [2.05, 4.69) is 26.9 Å². The van der Waals surface area contributed by atoms with Gasteiger partial charge < -0.3 is 14.8 Å². The Bertz CT molecular complexity index is 1010. The smallest absolute Gasteiger partial charge is 0.253 e. The summed E-state index contributed by atoms with van der Waals surface area (Å²) in [6.45, 7) is 5.82. The largest absolute Gasteiger partial charge is 0.351 e. The molecule has 3 aromatic rings. The van der Waals surface area contributed by atoms with E-state index in [0.717, 1.165) is 42.3 Å². The Kier molecular flexibility index (Phi) is 6.56. The van der Waals surface area contributed by atoms with E-state index < -0.39 is 0 Å². The molecule has 30 heavy (non-hydrogen) atoms. The summed E-state index contributed by atoms with van der Waals surface area (Å²) in [5, 5.41) is 3.78. The number of nitrogens with zero attached hydrogens (tertiary/aromatic N) is 2. The molecular formula is C25H28ClN3O. The van der Waals surface area contributed by atoms with Crippen molar-refractivity contribution >= 4 is 17.5 Å². The number of benzene rings is 2. The molecule has 4 rings (SSSR count). The Labute approximate surface area is 183 Å². The van der Waals surface area contributed by atoms with Crippen molar-refractivity contribution < 1.29 is 4.79 Å². The second-order valence-corrected chi connectivity index (χ2v) is 8.25. The molecule has 0 spiro atoms. The molecule has 0 atom stereocenters. The molecule has 2 aromatic carbocycles. The van der Waals surface area contributed by atoms with Gasteiger partial charge in [0.2, 0.25) is 0 Å². The molecular weight excluding hydrogens is 394 g/mol. The van der Waals surface area contributed by atoms with Gasteiger partial charge >= 0.3 is 0 Å². The summed E-state index contributed by atoms with van der Waals surface area (Å²) in [6, 6.07) is 19.8. The molecule has 1 amide bonds. The van der Waals surface area contributed by atoms with E-state index in [1.807, 2.05) is 55.5 Å². The Balaban J connectivity index is 1.62. The third-order valence-electron chi connectivity index (χ3n) is 5.82. The maximum Gasteiger partial charge on any atom is 0.253 e. The van der Waals surface area contributed by atoms with Crippen LogP contribution in [0.15, 0.2) is 60.7 Å². The molecule has 0 radical (unpaired) electrons. The van der Waals surface area contributed by atoms with Gasteiger partial charge in [0.25, 0.3) is 5.91 Å². The zero-order valence-corrected chi connectivity index (χ0v) is 18.2. The first-order chi connectivity index (χ1) is 14.6. The van der Waals surface area contributed by atoms with Crippen LogP contribution in [0.2, 0.25) is 5.02 Å². The summed E-state index contributed by atoms with van der Waals surface area (Å²) in [5.41, 5.74) is 4.46. The molecule has 1 saturated heterocycles. The normalized spacial score (nSPS) is 14.6. The zero-order valence-electron chi connectivity index (χ0n) is 17.4. The van der Waals surface area contributed by atoms with Gasteiger partial charge in [-0.1, -0.05) is 60.5 Å². The van der Waals surface area contributed by atoms with Gasteiger partial charge in [-0.2, -0.15) is 0 Å². The Morgan fingerprint density at radius 3 is 2.43 bits per heavy atom. The molecule has 4 nitrogen and oxygen atoms in total. The van der Waals surface area contributed by atoms with Gasteiger partial charge in [-0.25, -0.2) is 0 Å². The minimum Gasteiger partial charge on any atom is -0.351 e. The number of hydrogen-bond donors (Lipinski definition) is 1. The molecule has 156 valence electrons. The van der Waals surface area contributed by atoms with Gasteiger partial charge in [0.05, 0.1) is 22.0 Å². The summed E-state index contributed by atoms with van der Waals surface area (Å²) in [5.74, 6) is -0.0347. The van der Waals surface area contributed by atoms with E-state index in [1.54, 1.807) is 0 Å². The molecule has 0 bridgehead atoms. The van der Waals surface area contributed by atoms with Crippen LogP contribution in [-0.2, 0) is 0 Å². The minimum absolute atomic E-state index is 0.0347. The third-order valence-corrected chi connectivity index (χ3v) is 6.14. The number of amides is 1. The third kappa shape index (κ3) is 4.45. The Hall–Kier alpha value is -2.56. The standard InChI is InChI=1S/C25H28ClN3O/c1-19-21(25(30)27-14-17-28-15-8-3-9-16-28)18-24(20-10-4-2-5-11-20)29(19)23-13-7-6-12-22(23)26/h2,4-7,10-13,18H,3,8-9,14-17H2,1H3,(H,27,30). The van der Waals surface area contributed by atoms with Crippen molar-refractivity contribution in [3.63, 3.8) is 0 Å². The van der Waals surface area contributed by atoms with E-state index >= 15 is 0 Å². The van der Waals surface area contributed by atoms with Gasteiger partial charge in [0, 0.05) is 18.8 Å². The highest BCUT2D eigenvalue weighted by Gasteiger charge is 2.21. The first-order valence-electron chi connectivity index (χ1n) is 10.7. The highest BCUT2D eigenvalue weighted by atomic mass is 35.5. The number of carbonyl (C=O) groups excluding carboxylic acids is 1. The molecule has 5 heteroatoms. The van der Waals surface area contributed by atoms with Crippen LogP contribution in [0, 0.1) is 6.92 Å². The van der Waals surface area contributed by atoms with E-state index in [0.29, 0.717) is 17.1 Å². The summed E-state index contributed by atoms with van der Waals surface area (Å²) >= 11 is 6.52. The van der Waals surface area contributed by atoms with Crippen molar-refractivity contribution in [3.8, 4) is 16.9 Å². The molecule has 1 aliphatic rings. The number of rotatable bonds is 6. The second kappa shape index (κ2) is 9.50. The fraction of sp³-hybridized carbons (Fsp3) is 0.320. The van der Waals surface area contributed by atoms with Crippen molar-refractivity contribution in [2.45, 2.75) is 26.2 Å². The van der Waals surface area contributed by atoms with Crippen LogP contribution in [-0.4, -0.2) is 41.6 Å². The fourth-order valence-electron chi connectivity index (χ4n) is 4.21. The van der Waals surface area contributed by atoms with E-state index in [4.69, 9.17) is 11.6 Å². The van der Waals surface area contributed by atoms with Crippen molar-refractivity contribution in [1.82, 2.24) is 14.8 Å². The van der Waals surface area contributed by atoms with E-state index in [9.17, 15) is 4.79 Å². The average molecular weight is 422 g/mol. The number of para-hydroxylation sites is 1. The number of nitrogens with one attached hydrogen (secondary N) is 1. The van der Waals surface area contributed by atoms with Crippen LogP contribution in [0.4, 0.5) is 0 Å². The number of piperidine rings is 1. The molecule has 2 heterocycles. The second-order valence-electron chi connectivity index (χ2n) is 7.84. The van der Waals surface area contributed by atoms with Gasteiger partial charge in [-0.05, 0) is 56.6 Å². The maximum atomic E-state index is 13.0. The quantitative estimate of drug-likeness (QED) is 0.584. The monoisotopic (exact) mass is 421 g/mol. The van der Waals surface area contributed by atoms with Gasteiger partial charge in [0.15, 0.2) is 0 Å². The lowest BCUT2D eigenvalue weighted by molar-refractivity contribution is 0.0946. The van der Waals surface area contributed by atoms with Gasteiger partial charge in [-0.3, -0.25) is 4.79 Å². The topological polar surface area (TPSA) is 37.3 Å².